The number of aliphatic hydroxyl groups is 1. The Morgan fingerprint density at radius 2 is 2.00 bits per heavy atom. The summed E-state index contributed by atoms with van der Waals surface area (Å²) in [6, 6.07) is 5.37. The van der Waals surface area contributed by atoms with Crippen molar-refractivity contribution in [2.75, 3.05) is 6.54 Å². The van der Waals surface area contributed by atoms with Gasteiger partial charge in [0.15, 0.2) is 0 Å². The van der Waals surface area contributed by atoms with Crippen LogP contribution in [0.5, 0.6) is 0 Å². The summed E-state index contributed by atoms with van der Waals surface area (Å²) in [6.45, 7) is 2.18. The summed E-state index contributed by atoms with van der Waals surface area (Å²) < 4.78 is 0. The summed E-state index contributed by atoms with van der Waals surface area (Å²) in [6.07, 6.45) is 5.97. The van der Waals surface area contributed by atoms with E-state index in [9.17, 15) is 9.90 Å². The van der Waals surface area contributed by atoms with Gasteiger partial charge in [-0.3, -0.25) is 4.79 Å². The quantitative estimate of drug-likeness (QED) is 0.821. The highest BCUT2D eigenvalue weighted by atomic mass is 16.3. The number of amides is 1. The predicted molar refractivity (Wildman–Crippen MR) is 74.0 cm³/mol. The first kappa shape index (κ1) is 14.0. The molecular weight excluding hydrogens is 240 g/mol. The first-order valence-electron chi connectivity index (χ1n) is 7.03. The number of nitrogens with zero attached hydrogens (tertiary/aromatic N) is 1. The van der Waals surface area contributed by atoms with Crippen LogP contribution < -0.4 is 5.32 Å². The van der Waals surface area contributed by atoms with Crippen LogP contribution in [0.1, 0.15) is 54.7 Å². The average molecular weight is 262 g/mol. The van der Waals surface area contributed by atoms with Crippen LogP contribution in [0.25, 0.3) is 0 Å². The summed E-state index contributed by atoms with van der Waals surface area (Å²) in [4.78, 5) is 16.2. The van der Waals surface area contributed by atoms with Crippen LogP contribution in [-0.4, -0.2) is 28.1 Å². The van der Waals surface area contributed by atoms with Crippen molar-refractivity contribution in [1.82, 2.24) is 10.3 Å². The zero-order valence-corrected chi connectivity index (χ0v) is 11.5. The fourth-order valence-electron chi connectivity index (χ4n) is 2.57. The molecule has 0 bridgehead atoms. The lowest BCUT2D eigenvalue weighted by Crippen LogP contribution is -2.42. The number of carbonyl (C=O) groups is 1. The van der Waals surface area contributed by atoms with Crippen molar-refractivity contribution < 1.29 is 9.90 Å². The topological polar surface area (TPSA) is 62.2 Å². The smallest absolute Gasteiger partial charge is 0.269 e. The van der Waals surface area contributed by atoms with Crippen molar-refractivity contribution in [2.24, 2.45) is 0 Å². The van der Waals surface area contributed by atoms with Gasteiger partial charge in [0.25, 0.3) is 5.91 Å². The molecule has 0 spiro atoms. The van der Waals surface area contributed by atoms with E-state index in [1.807, 2.05) is 19.1 Å². The van der Waals surface area contributed by atoms with E-state index < -0.39 is 5.60 Å². The van der Waals surface area contributed by atoms with Crippen molar-refractivity contribution in [1.29, 1.82) is 0 Å². The lowest BCUT2D eigenvalue weighted by Gasteiger charge is -2.26. The fourth-order valence-corrected chi connectivity index (χ4v) is 2.57. The summed E-state index contributed by atoms with van der Waals surface area (Å²) in [5.74, 6) is -0.207. The standard InChI is InChI=1S/C15H22N2O2/c1-12-7-6-8-13(17-12)14(18)16-11-15(19)9-4-2-3-5-10-15/h6-8,19H,2-5,9-11H2,1H3,(H,16,18). The number of hydrogen-bond acceptors (Lipinski definition) is 3. The monoisotopic (exact) mass is 262 g/mol. The molecule has 1 fully saturated rings. The molecule has 104 valence electrons. The summed E-state index contributed by atoms with van der Waals surface area (Å²) >= 11 is 0. The summed E-state index contributed by atoms with van der Waals surface area (Å²) in [5.41, 5.74) is 0.494. The van der Waals surface area contributed by atoms with Crippen molar-refractivity contribution in [3.05, 3.63) is 29.6 Å². The van der Waals surface area contributed by atoms with Crippen LogP contribution in [0.4, 0.5) is 0 Å². The van der Waals surface area contributed by atoms with E-state index in [2.05, 4.69) is 10.3 Å². The van der Waals surface area contributed by atoms with E-state index in [1.54, 1.807) is 6.07 Å². The SMILES string of the molecule is Cc1cccc(C(=O)NCC2(O)CCCCCC2)n1. The lowest BCUT2D eigenvalue weighted by molar-refractivity contribution is 0.0246. The molecule has 1 saturated carbocycles. The minimum atomic E-state index is -0.740. The van der Waals surface area contributed by atoms with Gasteiger partial charge in [0, 0.05) is 12.2 Å². The normalized spacial score (nSPS) is 18.6. The van der Waals surface area contributed by atoms with E-state index in [0.717, 1.165) is 31.4 Å². The minimum Gasteiger partial charge on any atom is -0.388 e. The maximum absolute atomic E-state index is 12.0. The van der Waals surface area contributed by atoms with Gasteiger partial charge in [-0.15, -0.1) is 0 Å². The molecule has 1 aromatic heterocycles. The van der Waals surface area contributed by atoms with Crippen molar-refractivity contribution >= 4 is 5.91 Å². The van der Waals surface area contributed by atoms with E-state index in [0.29, 0.717) is 12.2 Å². The molecule has 1 aromatic rings. The molecule has 0 radical (unpaired) electrons. The van der Waals surface area contributed by atoms with E-state index in [4.69, 9.17) is 0 Å². The molecule has 1 aliphatic carbocycles. The van der Waals surface area contributed by atoms with Crippen LogP contribution in [0.2, 0.25) is 0 Å². The largest absolute Gasteiger partial charge is 0.388 e. The number of hydrogen-bond donors (Lipinski definition) is 2. The third-order valence-electron chi connectivity index (χ3n) is 3.73. The number of rotatable bonds is 3. The minimum absolute atomic E-state index is 0.207. The highest BCUT2D eigenvalue weighted by Gasteiger charge is 2.28. The number of aromatic nitrogens is 1. The first-order valence-corrected chi connectivity index (χ1v) is 7.03. The number of pyridine rings is 1. The first-order chi connectivity index (χ1) is 9.09. The highest BCUT2D eigenvalue weighted by molar-refractivity contribution is 5.92. The lowest BCUT2D eigenvalue weighted by atomic mass is 9.94. The molecule has 1 aliphatic rings. The third kappa shape index (κ3) is 4.03. The summed E-state index contributed by atoms with van der Waals surface area (Å²) in [5, 5.41) is 13.3. The van der Waals surface area contributed by atoms with E-state index >= 15 is 0 Å². The van der Waals surface area contributed by atoms with Gasteiger partial charge in [-0.05, 0) is 31.9 Å². The predicted octanol–water partition coefficient (Wildman–Crippen LogP) is 2.21. The van der Waals surface area contributed by atoms with Gasteiger partial charge in [-0.2, -0.15) is 0 Å². The number of carbonyl (C=O) groups excluding carboxylic acids is 1. The summed E-state index contributed by atoms with van der Waals surface area (Å²) in [7, 11) is 0. The van der Waals surface area contributed by atoms with Crippen molar-refractivity contribution in [3.8, 4) is 0 Å². The molecular formula is C15H22N2O2. The van der Waals surface area contributed by atoms with Crippen molar-refractivity contribution in [3.63, 3.8) is 0 Å². The van der Waals surface area contributed by atoms with Gasteiger partial charge >= 0.3 is 0 Å². The van der Waals surface area contributed by atoms with Crippen LogP contribution in [0.15, 0.2) is 18.2 Å². The second kappa shape index (κ2) is 6.15. The zero-order valence-electron chi connectivity index (χ0n) is 11.5. The molecule has 0 aromatic carbocycles. The second-order valence-corrected chi connectivity index (χ2v) is 5.49. The van der Waals surface area contributed by atoms with Crippen LogP contribution >= 0.6 is 0 Å². The molecule has 4 nitrogen and oxygen atoms in total. The fraction of sp³-hybridized carbons (Fsp3) is 0.600. The van der Waals surface area contributed by atoms with Crippen LogP contribution in [-0.2, 0) is 0 Å². The van der Waals surface area contributed by atoms with Crippen molar-refractivity contribution in [2.45, 2.75) is 51.0 Å². The molecule has 4 heteroatoms. The van der Waals surface area contributed by atoms with Gasteiger partial charge in [0.1, 0.15) is 5.69 Å². The molecule has 0 atom stereocenters. The van der Waals surface area contributed by atoms with Crippen LogP contribution in [0, 0.1) is 6.92 Å². The molecule has 0 saturated heterocycles. The van der Waals surface area contributed by atoms with Gasteiger partial charge in [-0.1, -0.05) is 31.7 Å². The van der Waals surface area contributed by atoms with Crippen LogP contribution in [0.3, 0.4) is 0 Å². The Hall–Kier alpha value is -1.42. The Morgan fingerprint density at radius 3 is 2.63 bits per heavy atom. The highest BCUT2D eigenvalue weighted by Crippen LogP contribution is 2.26. The molecule has 1 amide bonds. The second-order valence-electron chi connectivity index (χ2n) is 5.49. The Kier molecular flexibility index (Phi) is 4.53. The van der Waals surface area contributed by atoms with Gasteiger partial charge in [-0.25, -0.2) is 4.98 Å². The number of aryl methyl sites for hydroxylation is 1. The third-order valence-corrected chi connectivity index (χ3v) is 3.73. The zero-order chi connectivity index (χ0) is 13.7. The Labute approximate surface area is 114 Å². The molecule has 0 aliphatic heterocycles. The molecule has 19 heavy (non-hydrogen) atoms. The van der Waals surface area contributed by atoms with Gasteiger partial charge in [0.05, 0.1) is 5.60 Å². The molecule has 0 unspecified atom stereocenters. The maximum Gasteiger partial charge on any atom is 0.269 e. The van der Waals surface area contributed by atoms with Gasteiger partial charge < -0.3 is 10.4 Å². The Bertz CT molecular complexity index is 438. The molecule has 2 N–H and O–H groups in total. The van der Waals surface area contributed by atoms with E-state index in [-0.39, 0.29) is 5.91 Å². The maximum atomic E-state index is 12.0. The molecule has 2 rings (SSSR count). The van der Waals surface area contributed by atoms with E-state index in [1.165, 1.54) is 12.8 Å². The molecule has 1 heterocycles. The average Bonchev–Trinajstić information content (AvgIpc) is 2.61. The Morgan fingerprint density at radius 1 is 1.32 bits per heavy atom. The number of nitrogens with one attached hydrogen (secondary N) is 1. The van der Waals surface area contributed by atoms with Gasteiger partial charge in [0.2, 0.25) is 0 Å². The Balaban J connectivity index is 1.92.